The summed E-state index contributed by atoms with van der Waals surface area (Å²) < 4.78 is 26.0. The van der Waals surface area contributed by atoms with Gasteiger partial charge in [-0.25, -0.2) is 8.78 Å². The van der Waals surface area contributed by atoms with Crippen molar-refractivity contribution in [1.29, 1.82) is 0 Å². The zero-order valence-corrected chi connectivity index (χ0v) is 9.72. The smallest absolute Gasteiger partial charge is 0.267 e. The van der Waals surface area contributed by atoms with Crippen LogP contribution in [0.25, 0.3) is 0 Å². The molecule has 0 aromatic rings. The van der Waals surface area contributed by atoms with Crippen LogP contribution in [0.2, 0.25) is 0 Å². The molecule has 2 aliphatic rings. The highest BCUT2D eigenvalue weighted by Crippen LogP contribution is 2.33. The van der Waals surface area contributed by atoms with E-state index in [1.807, 2.05) is 0 Å². The lowest BCUT2D eigenvalue weighted by molar-refractivity contribution is -0.137. The van der Waals surface area contributed by atoms with Gasteiger partial charge in [0.25, 0.3) is 5.92 Å². The predicted molar refractivity (Wildman–Crippen MR) is 57.3 cm³/mol. The van der Waals surface area contributed by atoms with Crippen molar-refractivity contribution in [1.82, 2.24) is 4.90 Å². The number of amides is 1. The molecule has 0 N–H and O–H groups in total. The maximum absolute atomic E-state index is 13.0. The van der Waals surface area contributed by atoms with Gasteiger partial charge in [0.05, 0.1) is 6.54 Å². The van der Waals surface area contributed by atoms with Crippen LogP contribution in [-0.2, 0) is 4.79 Å². The highest BCUT2D eigenvalue weighted by Gasteiger charge is 2.42. The van der Waals surface area contributed by atoms with E-state index >= 15 is 0 Å². The van der Waals surface area contributed by atoms with Crippen LogP contribution in [-0.4, -0.2) is 29.8 Å². The molecule has 1 aliphatic heterocycles. The van der Waals surface area contributed by atoms with Crippen molar-refractivity contribution in [2.75, 3.05) is 13.1 Å². The van der Waals surface area contributed by atoms with E-state index in [0.717, 1.165) is 25.7 Å². The Balaban J connectivity index is 1.89. The number of carbonyl (C=O) groups is 1. The van der Waals surface area contributed by atoms with E-state index in [9.17, 15) is 13.6 Å². The number of hydrogen-bond donors (Lipinski definition) is 0. The Hall–Kier alpha value is -0.670. The second kappa shape index (κ2) is 4.30. The summed E-state index contributed by atoms with van der Waals surface area (Å²) in [5.74, 6) is -2.00. The van der Waals surface area contributed by atoms with Gasteiger partial charge < -0.3 is 4.90 Å². The Bertz CT molecular complexity index is 272. The fourth-order valence-electron chi connectivity index (χ4n) is 2.69. The minimum atomic E-state index is -2.66. The summed E-state index contributed by atoms with van der Waals surface area (Å²) in [5, 5.41) is 0. The molecule has 0 aromatic heterocycles. The molecule has 16 heavy (non-hydrogen) atoms. The first-order valence-corrected chi connectivity index (χ1v) is 6.14. The number of likely N-dealkylation sites (tertiary alicyclic amines) is 1. The lowest BCUT2D eigenvalue weighted by atomic mass is 9.82. The zero-order chi connectivity index (χ0) is 11.8. The van der Waals surface area contributed by atoms with Crippen LogP contribution < -0.4 is 0 Å². The molecule has 0 unspecified atom stereocenters. The van der Waals surface area contributed by atoms with Crippen LogP contribution in [0.5, 0.6) is 0 Å². The van der Waals surface area contributed by atoms with Crippen LogP contribution >= 0.6 is 0 Å². The minimum Gasteiger partial charge on any atom is -0.336 e. The number of rotatable bonds is 1. The monoisotopic (exact) mass is 231 g/mol. The van der Waals surface area contributed by atoms with Gasteiger partial charge in [0.1, 0.15) is 0 Å². The summed E-state index contributed by atoms with van der Waals surface area (Å²) >= 11 is 0. The first kappa shape index (κ1) is 11.8. The summed E-state index contributed by atoms with van der Waals surface area (Å²) in [6.07, 6.45) is 3.70. The molecule has 1 amide bonds. The van der Waals surface area contributed by atoms with Crippen molar-refractivity contribution in [2.45, 2.75) is 45.0 Å². The van der Waals surface area contributed by atoms with E-state index in [1.165, 1.54) is 4.90 Å². The third-order valence-electron chi connectivity index (χ3n) is 3.85. The molecule has 1 aliphatic carbocycles. The van der Waals surface area contributed by atoms with E-state index in [-0.39, 0.29) is 31.3 Å². The number of hydrogen-bond acceptors (Lipinski definition) is 1. The van der Waals surface area contributed by atoms with E-state index in [1.54, 1.807) is 0 Å². The van der Waals surface area contributed by atoms with E-state index < -0.39 is 5.92 Å². The number of halogens is 2. The normalized spacial score (nSPS) is 34.1. The second-order valence-electron chi connectivity index (χ2n) is 5.32. The Morgan fingerprint density at radius 2 is 1.88 bits per heavy atom. The Kier molecular flexibility index (Phi) is 3.17. The van der Waals surface area contributed by atoms with Gasteiger partial charge in [0.15, 0.2) is 0 Å². The zero-order valence-electron chi connectivity index (χ0n) is 9.72. The van der Waals surface area contributed by atoms with Crippen LogP contribution in [0.3, 0.4) is 0 Å². The largest absolute Gasteiger partial charge is 0.336 e. The molecule has 0 spiro atoms. The molecule has 2 fully saturated rings. The van der Waals surface area contributed by atoms with Crippen LogP contribution in [0.4, 0.5) is 8.78 Å². The predicted octanol–water partition coefficient (Wildman–Crippen LogP) is 2.68. The molecule has 0 atom stereocenters. The van der Waals surface area contributed by atoms with E-state index in [4.69, 9.17) is 0 Å². The lowest BCUT2D eigenvalue weighted by Gasteiger charge is -2.28. The standard InChI is InChI=1S/C12H19F2NO/c1-9-2-4-10(5-3-9)11(16)15-7-6-12(13,14)8-15/h9-10H,2-8H2,1H3. The molecule has 1 saturated heterocycles. The molecule has 2 nitrogen and oxygen atoms in total. The average molecular weight is 231 g/mol. The minimum absolute atomic E-state index is 0.00472. The van der Waals surface area contributed by atoms with Crippen molar-refractivity contribution in [2.24, 2.45) is 11.8 Å². The molecule has 1 saturated carbocycles. The van der Waals surface area contributed by atoms with Gasteiger partial charge >= 0.3 is 0 Å². The van der Waals surface area contributed by atoms with Crippen LogP contribution in [0.15, 0.2) is 0 Å². The molecular formula is C12H19F2NO. The van der Waals surface area contributed by atoms with Gasteiger partial charge in [-0.1, -0.05) is 6.92 Å². The number of alkyl halides is 2. The van der Waals surface area contributed by atoms with Gasteiger partial charge in [-0.15, -0.1) is 0 Å². The third-order valence-corrected chi connectivity index (χ3v) is 3.85. The molecule has 4 heteroatoms. The first-order valence-electron chi connectivity index (χ1n) is 6.14. The van der Waals surface area contributed by atoms with Crippen molar-refractivity contribution in [3.8, 4) is 0 Å². The SMILES string of the molecule is CC1CCC(C(=O)N2CCC(F)(F)C2)CC1. The Morgan fingerprint density at radius 3 is 2.38 bits per heavy atom. The molecule has 0 bridgehead atoms. The molecular weight excluding hydrogens is 212 g/mol. The number of carbonyl (C=O) groups excluding carboxylic acids is 1. The average Bonchev–Trinajstić information content (AvgIpc) is 2.59. The fourth-order valence-corrected chi connectivity index (χ4v) is 2.69. The summed E-state index contributed by atoms with van der Waals surface area (Å²) in [5.41, 5.74) is 0. The summed E-state index contributed by atoms with van der Waals surface area (Å²) in [4.78, 5) is 13.3. The topological polar surface area (TPSA) is 20.3 Å². The maximum atomic E-state index is 13.0. The summed E-state index contributed by atoms with van der Waals surface area (Å²) in [6, 6.07) is 0. The second-order valence-corrected chi connectivity index (χ2v) is 5.32. The van der Waals surface area contributed by atoms with Gasteiger partial charge in [0, 0.05) is 18.9 Å². The first-order chi connectivity index (χ1) is 7.48. The summed E-state index contributed by atoms with van der Waals surface area (Å²) in [6.45, 7) is 2.06. The van der Waals surface area contributed by atoms with E-state index in [2.05, 4.69) is 6.92 Å². The van der Waals surface area contributed by atoms with Crippen molar-refractivity contribution in [3.05, 3.63) is 0 Å². The van der Waals surface area contributed by atoms with Crippen molar-refractivity contribution < 1.29 is 13.6 Å². The van der Waals surface area contributed by atoms with Crippen LogP contribution in [0.1, 0.15) is 39.0 Å². The third kappa shape index (κ3) is 2.53. The fraction of sp³-hybridized carbons (Fsp3) is 0.917. The van der Waals surface area contributed by atoms with Gasteiger partial charge in [-0.3, -0.25) is 4.79 Å². The quantitative estimate of drug-likeness (QED) is 0.679. The van der Waals surface area contributed by atoms with Gasteiger partial charge in [0.2, 0.25) is 5.91 Å². The van der Waals surface area contributed by atoms with Gasteiger partial charge in [-0.05, 0) is 31.6 Å². The highest BCUT2D eigenvalue weighted by atomic mass is 19.3. The molecule has 92 valence electrons. The van der Waals surface area contributed by atoms with Gasteiger partial charge in [-0.2, -0.15) is 0 Å². The molecule has 0 radical (unpaired) electrons. The highest BCUT2D eigenvalue weighted by molar-refractivity contribution is 5.79. The number of nitrogens with zero attached hydrogens (tertiary/aromatic N) is 1. The van der Waals surface area contributed by atoms with Crippen molar-refractivity contribution in [3.63, 3.8) is 0 Å². The van der Waals surface area contributed by atoms with E-state index in [0.29, 0.717) is 5.92 Å². The molecule has 0 aromatic carbocycles. The summed E-state index contributed by atoms with van der Waals surface area (Å²) in [7, 11) is 0. The van der Waals surface area contributed by atoms with Crippen LogP contribution in [0, 0.1) is 11.8 Å². The maximum Gasteiger partial charge on any atom is 0.267 e. The molecule has 2 rings (SSSR count). The Morgan fingerprint density at radius 1 is 1.25 bits per heavy atom. The Labute approximate surface area is 95.0 Å². The van der Waals surface area contributed by atoms with Crippen molar-refractivity contribution >= 4 is 5.91 Å². The lowest BCUT2D eigenvalue weighted by Crippen LogP contribution is -2.37. The molecule has 1 heterocycles.